The SMILES string of the molecule is CC1(C)[C@@H](NC(=O)c2cc3ccccc3s2)C2CCN1CC2. The molecule has 4 heterocycles. The van der Waals surface area contributed by atoms with Gasteiger partial charge in [0.1, 0.15) is 0 Å². The molecule has 116 valence electrons. The summed E-state index contributed by atoms with van der Waals surface area (Å²) in [4.78, 5) is 16.1. The van der Waals surface area contributed by atoms with Crippen molar-refractivity contribution in [3.8, 4) is 0 Å². The van der Waals surface area contributed by atoms with E-state index in [2.05, 4.69) is 36.2 Å². The van der Waals surface area contributed by atoms with Crippen molar-refractivity contribution in [3.63, 3.8) is 0 Å². The molecule has 3 fully saturated rings. The molecule has 0 radical (unpaired) electrons. The molecule has 1 N–H and O–H groups in total. The smallest absolute Gasteiger partial charge is 0.261 e. The van der Waals surface area contributed by atoms with Crippen LogP contribution >= 0.6 is 11.3 Å². The topological polar surface area (TPSA) is 32.3 Å². The minimum absolute atomic E-state index is 0.0630. The summed E-state index contributed by atoms with van der Waals surface area (Å²) in [5, 5.41) is 4.51. The quantitative estimate of drug-likeness (QED) is 0.920. The molecule has 1 aromatic heterocycles. The lowest BCUT2D eigenvalue weighted by Crippen LogP contribution is -2.69. The molecule has 22 heavy (non-hydrogen) atoms. The van der Waals surface area contributed by atoms with Gasteiger partial charge in [-0.15, -0.1) is 11.3 Å². The molecule has 3 aliphatic rings. The van der Waals surface area contributed by atoms with E-state index >= 15 is 0 Å². The first kappa shape index (κ1) is 14.2. The van der Waals surface area contributed by atoms with Gasteiger partial charge in [0.2, 0.25) is 0 Å². The standard InChI is InChI=1S/C18H22N2OS/c1-18(2)16(12-7-9-20(18)10-8-12)19-17(21)15-11-13-5-3-4-6-14(13)22-15/h3-6,11-12,16H,7-10H2,1-2H3,(H,19,21)/t16-/m0/s1. The molecule has 1 aromatic carbocycles. The van der Waals surface area contributed by atoms with Crippen molar-refractivity contribution in [2.24, 2.45) is 5.92 Å². The number of rotatable bonds is 2. The summed E-state index contributed by atoms with van der Waals surface area (Å²) in [6.45, 7) is 6.89. The third-order valence-electron chi connectivity index (χ3n) is 5.52. The van der Waals surface area contributed by atoms with Gasteiger partial charge in [0.25, 0.3) is 5.91 Å². The Kier molecular flexibility index (Phi) is 3.27. The van der Waals surface area contributed by atoms with E-state index < -0.39 is 0 Å². The van der Waals surface area contributed by atoms with Gasteiger partial charge in [0.05, 0.1) is 4.88 Å². The summed E-state index contributed by atoms with van der Waals surface area (Å²) in [7, 11) is 0. The van der Waals surface area contributed by atoms with Crippen LogP contribution in [0.5, 0.6) is 0 Å². The average Bonchev–Trinajstić information content (AvgIpc) is 2.95. The molecular weight excluding hydrogens is 292 g/mol. The monoisotopic (exact) mass is 314 g/mol. The Morgan fingerprint density at radius 3 is 2.68 bits per heavy atom. The number of hydrogen-bond acceptors (Lipinski definition) is 3. The maximum Gasteiger partial charge on any atom is 0.261 e. The molecule has 0 aliphatic carbocycles. The van der Waals surface area contributed by atoms with Gasteiger partial charge in [0.15, 0.2) is 0 Å². The number of nitrogens with zero attached hydrogens (tertiary/aromatic N) is 1. The molecule has 2 bridgehead atoms. The molecule has 3 saturated heterocycles. The second-order valence-electron chi connectivity index (χ2n) is 7.08. The first-order valence-corrected chi connectivity index (χ1v) is 8.92. The molecule has 3 nitrogen and oxygen atoms in total. The second kappa shape index (κ2) is 5.07. The summed E-state index contributed by atoms with van der Waals surface area (Å²) < 4.78 is 1.18. The number of fused-ring (bicyclic) bond motifs is 4. The normalized spacial score (nSPS) is 29.6. The minimum Gasteiger partial charge on any atom is -0.346 e. The van der Waals surface area contributed by atoms with Crippen LogP contribution in [0.15, 0.2) is 30.3 Å². The molecule has 1 amide bonds. The van der Waals surface area contributed by atoms with Gasteiger partial charge in [-0.05, 0) is 63.2 Å². The van der Waals surface area contributed by atoms with Gasteiger partial charge < -0.3 is 5.32 Å². The van der Waals surface area contributed by atoms with Crippen LogP contribution in [0.25, 0.3) is 10.1 Å². The van der Waals surface area contributed by atoms with Crippen molar-refractivity contribution >= 4 is 27.3 Å². The van der Waals surface area contributed by atoms with Crippen LogP contribution in [-0.4, -0.2) is 35.5 Å². The Hall–Kier alpha value is -1.39. The number of hydrogen-bond donors (Lipinski definition) is 1. The third kappa shape index (κ3) is 2.17. The Balaban J connectivity index is 1.58. The van der Waals surface area contributed by atoms with Crippen LogP contribution in [0.1, 0.15) is 36.4 Å². The van der Waals surface area contributed by atoms with Gasteiger partial charge in [-0.1, -0.05) is 18.2 Å². The predicted molar refractivity (Wildman–Crippen MR) is 91.5 cm³/mol. The number of benzene rings is 1. The van der Waals surface area contributed by atoms with E-state index in [9.17, 15) is 4.79 Å². The van der Waals surface area contributed by atoms with Crippen LogP contribution in [0, 0.1) is 5.92 Å². The molecule has 2 aromatic rings. The lowest BCUT2D eigenvalue weighted by Gasteiger charge is -2.56. The zero-order chi connectivity index (χ0) is 15.3. The lowest BCUT2D eigenvalue weighted by atomic mass is 9.72. The van der Waals surface area contributed by atoms with Crippen molar-refractivity contribution in [1.82, 2.24) is 10.2 Å². The summed E-state index contributed by atoms with van der Waals surface area (Å²) in [5.74, 6) is 0.714. The van der Waals surface area contributed by atoms with Crippen molar-refractivity contribution in [2.75, 3.05) is 13.1 Å². The minimum atomic E-state index is 0.0630. The Labute approximate surface area is 135 Å². The fourth-order valence-corrected chi connectivity index (χ4v) is 5.15. The maximum absolute atomic E-state index is 12.7. The zero-order valence-electron chi connectivity index (χ0n) is 13.1. The highest BCUT2D eigenvalue weighted by molar-refractivity contribution is 7.20. The van der Waals surface area contributed by atoms with E-state index in [1.54, 1.807) is 11.3 Å². The van der Waals surface area contributed by atoms with Gasteiger partial charge in [-0.2, -0.15) is 0 Å². The third-order valence-corrected chi connectivity index (χ3v) is 6.64. The number of thiophene rings is 1. The fraction of sp³-hybridized carbons (Fsp3) is 0.500. The zero-order valence-corrected chi connectivity index (χ0v) is 14.0. The first-order chi connectivity index (χ1) is 10.6. The fourth-order valence-electron chi connectivity index (χ4n) is 4.18. The average molecular weight is 314 g/mol. The molecule has 3 aliphatic heterocycles. The number of carbonyl (C=O) groups excluding carboxylic acids is 1. The van der Waals surface area contributed by atoms with Crippen LogP contribution < -0.4 is 5.32 Å². The van der Waals surface area contributed by atoms with E-state index in [4.69, 9.17) is 0 Å². The van der Waals surface area contributed by atoms with E-state index in [0.717, 1.165) is 10.3 Å². The largest absolute Gasteiger partial charge is 0.346 e. The van der Waals surface area contributed by atoms with E-state index in [1.165, 1.54) is 30.6 Å². The van der Waals surface area contributed by atoms with E-state index in [0.29, 0.717) is 5.92 Å². The summed E-state index contributed by atoms with van der Waals surface area (Å²) in [5.41, 5.74) is 0.0630. The summed E-state index contributed by atoms with van der Waals surface area (Å²) in [6.07, 6.45) is 2.42. The lowest BCUT2D eigenvalue weighted by molar-refractivity contribution is -0.0377. The van der Waals surface area contributed by atoms with Crippen LogP contribution in [0.2, 0.25) is 0 Å². The van der Waals surface area contributed by atoms with Crippen LogP contribution in [0.3, 0.4) is 0 Å². The molecule has 5 rings (SSSR count). The summed E-state index contributed by atoms with van der Waals surface area (Å²) >= 11 is 1.59. The Morgan fingerprint density at radius 2 is 2.00 bits per heavy atom. The number of carbonyl (C=O) groups is 1. The highest BCUT2D eigenvalue weighted by Crippen LogP contribution is 2.39. The molecule has 4 heteroatoms. The van der Waals surface area contributed by atoms with Crippen LogP contribution in [0.4, 0.5) is 0 Å². The van der Waals surface area contributed by atoms with Crippen molar-refractivity contribution in [3.05, 3.63) is 35.2 Å². The van der Waals surface area contributed by atoms with Crippen molar-refractivity contribution in [2.45, 2.75) is 38.3 Å². The predicted octanol–water partition coefficient (Wildman–Crippen LogP) is 3.50. The number of piperidine rings is 3. The van der Waals surface area contributed by atoms with Crippen molar-refractivity contribution in [1.29, 1.82) is 0 Å². The van der Waals surface area contributed by atoms with E-state index in [1.807, 2.05) is 18.2 Å². The maximum atomic E-state index is 12.7. The second-order valence-corrected chi connectivity index (χ2v) is 8.16. The van der Waals surface area contributed by atoms with Crippen molar-refractivity contribution < 1.29 is 4.79 Å². The highest BCUT2D eigenvalue weighted by Gasteiger charge is 2.48. The first-order valence-electron chi connectivity index (χ1n) is 8.10. The molecular formula is C18H22N2OS. The Morgan fingerprint density at radius 1 is 1.27 bits per heavy atom. The molecule has 0 unspecified atom stereocenters. The summed E-state index contributed by atoms with van der Waals surface area (Å²) in [6, 6.07) is 10.5. The van der Waals surface area contributed by atoms with Gasteiger partial charge >= 0.3 is 0 Å². The number of nitrogens with one attached hydrogen (secondary N) is 1. The molecule has 1 atom stereocenters. The van der Waals surface area contributed by atoms with Gasteiger partial charge in [0, 0.05) is 16.3 Å². The van der Waals surface area contributed by atoms with Crippen LogP contribution in [-0.2, 0) is 0 Å². The van der Waals surface area contributed by atoms with Gasteiger partial charge in [-0.25, -0.2) is 0 Å². The molecule has 0 spiro atoms. The molecule has 0 saturated carbocycles. The van der Waals surface area contributed by atoms with E-state index in [-0.39, 0.29) is 17.5 Å². The Bertz CT molecular complexity index is 680. The highest BCUT2D eigenvalue weighted by atomic mass is 32.1. The number of amides is 1. The van der Waals surface area contributed by atoms with Gasteiger partial charge in [-0.3, -0.25) is 9.69 Å².